The molecular formula is C22H45O6PS. The van der Waals surface area contributed by atoms with Gasteiger partial charge in [-0.1, -0.05) is 69.8 Å². The summed E-state index contributed by atoms with van der Waals surface area (Å²) >= 11 is 1.90. The van der Waals surface area contributed by atoms with Crippen LogP contribution in [0.2, 0.25) is 0 Å². The average Bonchev–Trinajstić information content (AvgIpc) is 2.68. The van der Waals surface area contributed by atoms with Crippen molar-refractivity contribution in [1.82, 2.24) is 0 Å². The SMILES string of the molecule is CCCCCC=CCC=CCCCCCCCCSCC(CO)OC.O=P(O)(O)O. The van der Waals surface area contributed by atoms with Crippen molar-refractivity contribution in [2.45, 2.75) is 90.1 Å². The molecule has 0 aliphatic heterocycles. The van der Waals surface area contributed by atoms with Gasteiger partial charge in [-0.3, -0.25) is 0 Å². The maximum atomic E-state index is 9.02. The van der Waals surface area contributed by atoms with Gasteiger partial charge in [-0.15, -0.1) is 0 Å². The molecule has 6 nitrogen and oxygen atoms in total. The molecule has 30 heavy (non-hydrogen) atoms. The summed E-state index contributed by atoms with van der Waals surface area (Å²) in [7, 11) is -2.97. The van der Waals surface area contributed by atoms with Crippen molar-refractivity contribution in [1.29, 1.82) is 0 Å². The molecular weight excluding hydrogens is 423 g/mol. The van der Waals surface area contributed by atoms with Gasteiger partial charge in [0.1, 0.15) is 0 Å². The third kappa shape index (κ3) is 35.3. The Kier molecular flexibility index (Phi) is 26.8. The number of methoxy groups -OCH3 is 1. The van der Waals surface area contributed by atoms with E-state index in [1.54, 1.807) is 7.11 Å². The van der Waals surface area contributed by atoms with E-state index in [2.05, 4.69) is 31.2 Å². The van der Waals surface area contributed by atoms with Gasteiger partial charge in [0.05, 0.1) is 12.7 Å². The van der Waals surface area contributed by atoms with Crippen LogP contribution in [-0.4, -0.2) is 51.1 Å². The molecule has 0 spiro atoms. The Morgan fingerprint density at radius 1 is 0.867 bits per heavy atom. The molecule has 8 heteroatoms. The van der Waals surface area contributed by atoms with Crippen LogP contribution in [0.4, 0.5) is 0 Å². The van der Waals surface area contributed by atoms with E-state index in [9.17, 15) is 0 Å². The van der Waals surface area contributed by atoms with Gasteiger partial charge in [-0.25, -0.2) is 4.57 Å². The highest BCUT2D eigenvalue weighted by Gasteiger charge is 2.04. The highest BCUT2D eigenvalue weighted by Crippen LogP contribution is 2.25. The molecule has 0 aromatic carbocycles. The number of aliphatic hydroxyl groups excluding tert-OH is 1. The number of thioether (sulfide) groups is 1. The van der Waals surface area contributed by atoms with Crippen LogP contribution in [0.15, 0.2) is 24.3 Å². The summed E-state index contributed by atoms with van der Waals surface area (Å²) < 4.78 is 14.0. The van der Waals surface area contributed by atoms with E-state index in [1.165, 1.54) is 76.4 Å². The molecule has 0 aliphatic carbocycles. The number of phosphoric acid groups is 1. The maximum Gasteiger partial charge on any atom is 0.466 e. The number of unbranched alkanes of at least 4 members (excludes halogenated alkanes) is 9. The first-order chi connectivity index (χ1) is 14.3. The second kappa shape index (κ2) is 25.1. The molecule has 0 aromatic rings. The van der Waals surface area contributed by atoms with Gasteiger partial charge in [0.2, 0.25) is 0 Å². The highest BCUT2D eigenvalue weighted by molar-refractivity contribution is 7.99. The van der Waals surface area contributed by atoms with Gasteiger partial charge in [-0.2, -0.15) is 11.8 Å². The number of hydrogen-bond acceptors (Lipinski definition) is 4. The zero-order valence-corrected chi connectivity index (χ0v) is 20.7. The van der Waals surface area contributed by atoms with Crippen LogP contribution in [0.25, 0.3) is 0 Å². The van der Waals surface area contributed by atoms with Gasteiger partial charge in [0.15, 0.2) is 0 Å². The van der Waals surface area contributed by atoms with E-state index in [4.69, 9.17) is 29.1 Å². The summed E-state index contributed by atoms with van der Waals surface area (Å²) in [5.74, 6) is 2.10. The van der Waals surface area contributed by atoms with E-state index in [1.807, 2.05) is 11.8 Å². The minimum atomic E-state index is -4.64. The average molecular weight is 469 g/mol. The van der Waals surface area contributed by atoms with Crippen LogP contribution in [-0.2, 0) is 9.30 Å². The largest absolute Gasteiger partial charge is 0.466 e. The molecule has 0 amide bonds. The van der Waals surface area contributed by atoms with E-state index in [0.29, 0.717) is 0 Å². The standard InChI is InChI=1S/C22H42O2S.H3O4P/c1-3-4-5-6-7-8-9-10-11-12-13-14-15-16-17-18-19-25-21-22(20-23)24-2;1-5(2,3)4/h7-8,10-11,22-23H,3-6,9,12-21H2,1-2H3;(H3,1,2,3,4). The van der Waals surface area contributed by atoms with Gasteiger partial charge in [0, 0.05) is 12.9 Å². The second-order valence-electron chi connectivity index (χ2n) is 7.21. The maximum absolute atomic E-state index is 9.02. The number of rotatable bonds is 19. The Labute approximate surface area is 188 Å². The summed E-state index contributed by atoms with van der Waals surface area (Å²) in [6.07, 6.45) is 24.9. The van der Waals surface area contributed by atoms with Crippen LogP contribution in [0.1, 0.15) is 84.0 Å². The molecule has 0 heterocycles. The first-order valence-corrected chi connectivity index (χ1v) is 13.9. The molecule has 0 aromatic heterocycles. The fraction of sp³-hybridized carbons (Fsp3) is 0.818. The summed E-state index contributed by atoms with van der Waals surface area (Å²) in [5.41, 5.74) is 0. The lowest BCUT2D eigenvalue weighted by Gasteiger charge is -2.11. The van der Waals surface area contributed by atoms with E-state index in [-0.39, 0.29) is 12.7 Å². The third-order valence-corrected chi connectivity index (χ3v) is 5.51. The number of allylic oxidation sites excluding steroid dienone is 4. The monoisotopic (exact) mass is 468 g/mol. The van der Waals surface area contributed by atoms with Crippen molar-refractivity contribution in [2.75, 3.05) is 25.2 Å². The predicted octanol–water partition coefficient (Wildman–Crippen LogP) is 5.61. The Bertz CT molecular complexity index is 427. The van der Waals surface area contributed by atoms with Gasteiger partial charge < -0.3 is 24.5 Å². The smallest absolute Gasteiger partial charge is 0.394 e. The second-order valence-corrected chi connectivity index (χ2v) is 9.39. The van der Waals surface area contributed by atoms with Crippen molar-refractivity contribution in [3.05, 3.63) is 24.3 Å². The predicted molar refractivity (Wildman–Crippen MR) is 129 cm³/mol. The summed E-state index contributed by atoms with van der Waals surface area (Å²) in [4.78, 5) is 21.6. The fourth-order valence-corrected chi connectivity index (χ4v) is 3.68. The lowest BCUT2D eigenvalue weighted by atomic mass is 10.1. The molecule has 4 N–H and O–H groups in total. The van der Waals surface area contributed by atoms with Gasteiger partial charge in [0.25, 0.3) is 0 Å². The Balaban J connectivity index is 0. The third-order valence-electron chi connectivity index (χ3n) is 4.33. The van der Waals surface area contributed by atoms with E-state index >= 15 is 0 Å². The molecule has 1 unspecified atom stereocenters. The topological polar surface area (TPSA) is 107 Å². The fourth-order valence-electron chi connectivity index (χ4n) is 2.60. The zero-order chi connectivity index (χ0) is 22.9. The zero-order valence-electron chi connectivity index (χ0n) is 19.0. The lowest BCUT2D eigenvalue weighted by molar-refractivity contribution is 0.0656. The van der Waals surface area contributed by atoms with Crippen LogP contribution >= 0.6 is 19.6 Å². The van der Waals surface area contributed by atoms with E-state index in [0.717, 1.165) is 12.2 Å². The number of aliphatic hydroxyl groups is 1. The van der Waals surface area contributed by atoms with Crippen LogP contribution in [0, 0.1) is 0 Å². The Hall–Kier alpha value is -0.140. The van der Waals surface area contributed by atoms with Crippen molar-refractivity contribution in [3.8, 4) is 0 Å². The molecule has 0 rings (SSSR count). The quantitative estimate of drug-likeness (QED) is 0.111. The molecule has 180 valence electrons. The van der Waals surface area contributed by atoms with Crippen molar-refractivity contribution >= 4 is 19.6 Å². The summed E-state index contributed by atoms with van der Waals surface area (Å²) in [6, 6.07) is 0. The van der Waals surface area contributed by atoms with Gasteiger partial charge >= 0.3 is 7.82 Å². The molecule has 0 saturated carbocycles. The number of ether oxygens (including phenoxy) is 1. The molecule has 0 aliphatic rings. The minimum Gasteiger partial charge on any atom is -0.394 e. The molecule has 0 bridgehead atoms. The number of hydrogen-bond donors (Lipinski definition) is 4. The lowest BCUT2D eigenvalue weighted by Crippen LogP contribution is -2.18. The van der Waals surface area contributed by atoms with Crippen molar-refractivity contribution in [3.63, 3.8) is 0 Å². The van der Waals surface area contributed by atoms with Crippen molar-refractivity contribution < 1.29 is 29.1 Å². The van der Waals surface area contributed by atoms with Crippen molar-refractivity contribution in [2.24, 2.45) is 0 Å². The molecule has 0 fully saturated rings. The molecule has 1 atom stereocenters. The molecule has 0 saturated heterocycles. The highest BCUT2D eigenvalue weighted by atomic mass is 32.2. The summed E-state index contributed by atoms with van der Waals surface area (Å²) in [5, 5.41) is 9.02. The Morgan fingerprint density at radius 3 is 1.87 bits per heavy atom. The first kappa shape index (κ1) is 32.0. The normalized spacial score (nSPS) is 13.0. The van der Waals surface area contributed by atoms with Gasteiger partial charge in [-0.05, 0) is 44.3 Å². The molecule has 0 radical (unpaired) electrons. The Morgan fingerprint density at radius 2 is 1.37 bits per heavy atom. The minimum absolute atomic E-state index is 0.00889. The van der Waals surface area contributed by atoms with Crippen LogP contribution in [0.3, 0.4) is 0 Å². The summed E-state index contributed by atoms with van der Waals surface area (Å²) in [6.45, 7) is 2.39. The van der Waals surface area contributed by atoms with Crippen LogP contribution < -0.4 is 0 Å². The van der Waals surface area contributed by atoms with E-state index < -0.39 is 7.82 Å². The first-order valence-electron chi connectivity index (χ1n) is 11.1. The van der Waals surface area contributed by atoms with Crippen LogP contribution in [0.5, 0.6) is 0 Å².